The van der Waals surface area contributed by atoms with Gasteiger partial charge in [-0.3, -0.25) is 9.69 Å². The number of aryl methyl sites for hydroxylation is 1. The van der Waals surface area contributed by atoms with Crippen LogP contribution in [-0.2, 0) is 6.54 Å². The molecule has 148 valence electrons. The molecule has 1 aliphatic heterocycles. The third-order valence-corrected chi connectivity index (χ3v) is 4.98. The number of aromatic nitrogens is 2. The largest absolute Gasteiger partial charge is 0.314 e. The monoisotopic (exact) mass is 387 g/mol. The molecule has 1 amide bonds. The van der Waals surface area contributed by atoms with Crippen molar-refractivity contribution in [2.24, 2.45) is 0 Å². The Kier molecular flexibility index (Phi) is 5.93. The van der Waals surface area contributed by atoms with E-state index in [1.165, 1.54) is 5.56 Å². The van der Waals surface area contributed by atoms with Gasteiger partial charge in [0.15, 0.2) is 0 Å². The Labute approximate surface area is 171 Å². The highest BCUT2D eigenvalue weighted by molar-refractivity contribution is 6.03. The SMILES string of the molecule is Cc1nc(NC(=O)c2ccc(CN3CCNCC3)cc2)cc(-c2ccccc2)n1. The lowest BCUT2D eigenvalue weighted by atomic mass is 10.1. The standard InChI is InChI=1S/C23H25N5O/c1-17-25-21(19-5-3-2-4-6-19)15-22(26-17)27-23(29)20-9-7-18(8-10-20)16-28-13-11-24-12-14-28/h2-10,15,24H,11-14,16H2,1H3,(H,25,26,27,29). The minimum atomic E-state index is -0.171. The zero-order valence-electron chi connectivity index (χ0n) is 16.6. The van der Waals surface area contributed by atoms with Crippen molar-refractivity contribution in [3.63, 3.8) is 0 Å². The van der Waals surface area contributed by atoms with Crippen molar-refractivity contribution < 1.29 is 4.79 Å². The highest BCUT2D eigenvalue weighted by Crippen LogP contribution is 2.20. The molecule has 29 heavy (non-hydrogen) atoms. The molecule has 0 radical (unpaired) electrons. The van der Waals surface area contributed by atoms with Crippen molar-refractivity contribution in [2.75, 3.05) is 31.5 Å². The zero-order valence-corrected chi connectivity index (χ0v) is 16.6. The molecule has 1 aromatic heterocycles. The van der Waals surface area contributed by atoms with Crippen LogP contribution in [0.25, 0.3) is 11.3 Å². The molecular weight excluding hydrogens is 362 g/mol. The molecular formula is C23H25N5O. The third-order valence-electron chi connectivity index (χ3n) is 4.98. The second kappa shape index (κ2) is 8.94. The molecule has 6 heteroatoms. The van der Waals surface area contributed by atoms with Crippen LogP contribution in [0.1, 0.15) is 21.7 Å². The number of piperazine rings is 1. The maximum absolute atomic E-state index is 12.7. The number of benzene rings is 2. The molecule has 1 saturated heterocycles. The summed E-state index contributed by atoms with van der Waals surface area (Å²) in [6.45, 7) is 6.91. The number of nitrogens with zero attached hydrogens (tertiary/aromatic N) is 3. The van der Waals surface area contributed by atoms with Crippen LogP contribution < -0.4 is 10.6 Å². The summed E-state index contributed by atoms with van der Waals surface area (Å²) in [5.74, 6) is 0.954. The van der Waals surface area contributed by atoms with Gasteiger partial charge in [-0.15, -0.1) is 0 Å². The lowest BCUT2D eigenvalue weighted by Gasteiger charge is -2.27. The summed E-state index contributed by atoms with van der Waals surface area (Å²) in [7, 11) is 0. The number of hydrogen-bond acceptors (Lipinski definition) is 5. The lowest BCUT2D eigenvalue weighted by Crippen LogP contribution is -2.42. The predicted octanol–water partition coefficient (Wildman–Crippen LogP) is 3.11. The van der Waals surface area contributed by atoms with Gasteiger partial charge >= 0.3 is 0 Å². The van der Waals surface area contributed by atoms with E-state index in [0.29, 0.717) is 17.2 Å². The molecule has 0 atom stereocenters. The average molecular weight is 387 g/mol. The topological polar surface area (TPSA) is 70.2 Å². The van der Waals surface area contributed by atoms with E-state index in [1.54, 1.807) is 6.07 Å². The molecule has 1 aliphatic rings. The van der Waals surface area contributed by atoms with Crippen LogP contribution >= 0.6 is 0 Å². The maximum Gasteiger partial charge on any atom is 0.256 e. The predicted molar refractivity (Wildman–Crippen MR) is 115 cm³/mol. The minimum Gasteiger partial charge on any atom is -0.314 e. The lowest BCUT2D eigenvalue weighted by molar-refractivity contribution is 0.102. The van der Waals surface area contributed by atoms with Crippen molar-refractivity contribution in [1.29, 1.82) is 0 Å². The zero-order chi connectivity index (χ0) is 20.1. The summed E-state index contributed by atoms with van der Waals surface area (Å²) in [5.41, 5.74) is 3.62. The van der Waals surface area contributed by atoms with Crippen LogP contribution in [0, 0.1) is 6.92 Å². The summed E-state index contributed by atoms with van der Waals surface area (Å²) < 4.78 is 0. The van der Waals surface area contributed by atoms with E-state index in [1.807, 2.05) is 61.5 Å². The Morgan fingerprint density at radius 2 is 1.76 bits per heavy atom. The summed E-state index contributed by atoms with van der Waals surface area (Å²) in [6.07, 6.45) is 0. The van der Waals surface area contributed by atoms with Crippen LogP contribution in [0.2, 0.25) is 0 Å². The molecule has 1 fully saturated rings. The quantitative estimate of drug-likeness (QED) is 0.704. The number of carbonyl (C=O) groups excluding carboxylic acids is 1. The number of rotatable bonds is 5. The van der Waals surface area contributed by atoms with E-state index in [0.717, 1.165) is 44.0 Å². The van der Waals surface area contributed by atoms with Crippen molar-refractivity contribution >= 4 is 11.7 Å². The number of anilines is 1. The fourth-order valence-electron chi connectivity index (χ4n) is 3.47. The number of carbonyl (C=O) groups is 1. The second-order valence-corrected chi connectivity index (χ2v) is 7.23. The maximum atomic E-state index is 12.7. The molecule has 2 aromatic carbocycles. The number of nitrogens with one attached hydrogen (secondary N) is 2. The first-order chi connectivity index (χ1) is 14.2. The Bertz CT molecular complexity index is 966. The van der Waals surface area contributed by atoms with E-state index in [9.17, 15) is 4.79 Å². The molecule has 0 aliphatic carbocycles. The van der Waals surface area contributed by atoms with Gasteiger partial charge in [-0.2, -0.15) is 0 Å². The molecule has 4 rings (SSSR count). The molecule has 0 spiro atoms. The van der Waals surface area contributed by atoms with E-state index in [2.05, 4.69) is 25.5 Å². The van der Waals surface area contributed by atoms with Crippen LogP contribution in [-0.4, -0.2) is 47.0 Å². The molecule has 2 heterocycles. The van der Waals surface area contributed by atoms with E-state index < -0.39 is 0 Å². The smallest absolute Gasteiger partial charge is 0.256 e. The van der Waals surface area contributed by atoms with Gasteiger partial charge in [-0.05, 0) is 24.6 Å². The fraction of sp³-hybridized carbons (Fsp3) is 0.261. The Hall–Kier alpha value is -3.09. The van der Waals surface area contributed by atoms with Gasteiger partial charge in [0.2, 0.25) is 0 Å². The van der Waals surface area contributed by atoms with Crippen LogP contribution in [0.3, 0.4) is 0 Å². The molecule has 2 N–H and O–H groups in total. The van der Waals surface area contributed by atoms with Gasteiger partial charge in [0, 0.05) is 49.9 Å². The van der Waals surface area contributed by atoms with Gasteiger partial charge in [0.25, 0.3) is 5.91 Å². The van der Waals surface area contributed by atoms with Crippen molar-refractivity contribution in [1.82, 2.24) is 20.2 Å². The fourth-order valence-corrected chi connectivity index (χ4v) is 3.47. The Balaban J connectivity index is 1.44. The molecule has 3 aromatic rings. The molecule has 0 saturated carbocycles. The number of amides is 1. The van der Waals surface area contributed by atoms with Crippen LogP contribution in [0.5, 0.6) is 0 Å². The first kappa shape index (κ1) is 19.2. The highest BCUT2D eigenvalue weighted by Gasteiger charge is 2.12. The van der Waals surface area contributed by atoms with Crippen molar-refractivity contribution in [3.05, 3.63) is 77.6 Å². The Morgan fingerprint density at radius 3 is 2.48 bits per heavy atom. The Morgan fingerprint density at radius 1 is 1.03 bits per heavy atom. The average Bonchev–Trinajstić information content (AvgIpc) is 2.75. The van der Waals surface area contributed by atoms with Gasteiger partial charge in [-0.1, -0.05) is 42.5 Å². The first-order valence-corrected chi connectivity index (χ1v) is 9.92. The van der Waals surface area contributed by atoms with Gasteiger partial charge < -0.3 is 10.6 Å². The molecule has 6 nitrogen and oxygen atoms in total. The van der Waals surface area contributed by atoms with Crippen molar-refractivity contribution in [3.8, 4) is 11.3 Å². The van der Waals surface area contributed by atoms with Gasteiger partial charge in [0.05, 0.1) is 5.69 Å². The van der Waals surface area contributed by atoms with Crippen molar-refractivity contribution in [2.45, 2.75) is 13.5 Å². The molecule has 0 unspecified atom stereocenters. The summed E-state index contributed by atoms with van der Waals surface area (Å²) in [6, 6.07) is 19.5. The van der Waals surface area contributed by atoms with E-state index in [-0.39, 0.29) is 5.91 Å². The summed E-state index contributed by atoms with van der Waals surface area (Å²) in [4.78, 5) is 23.9. The third kappa shape index (κ3) is 5.04. The second-order valence-electron chi connectivity index (χ2n) is 7.23. The van der Waals surface area contributed by atoms with E-state index in [4.69, 9.17) is 0 Å². The summed E-state index contributed by atoms with van der Waals surface area (Å²) >= 11 is 0. The van der Waals surface area contributed by atoms with Crippen LogP contribution in [0.15, 0.2) is 60.7 Å². The first-order valence-electron chi connectivity index (χ1n) is 9.92. The van der Waals surface area contributed by atoms with E-state index >= 15 is 0 Å². The molecule has 0 bridgehead atoms. The van der Waals surface area contributed by atoms with Crippen LogP contribution in [0.4, 0.5) is 5.82 Å². The summed E-state index contributed by atoms with van der Waals surface area (Å²) in [5, 5.41) is 6.26. The highest BCUT2D eigenvalue weighted by atomic mass is 16.1. The normalized spacial score (nSPS) is 14.5. The minimum absolute atomic E-state index is 0.171. The number of hydrogen-bond donors (Lipinski definition) is 2. The van der Waals surface area contributed by atoms with Gasteiger partial charge in [0.1, 0.15) is 11.6 Å². The van der Waals surface area contributed by atoms with Gasteiger partial charge in [-0.25, -0.2) is 9.97 Å².